The van der Waals surface area contributed by atoms with Gasteiger partial charge in [0.15, 0.2) is 5.78 Å². The van der Waals surface area contributed by atoms with Crippen molar-refractivity contribution in [3.8, 4) is 5.75 Å². The number of ketones is 1. The number of Topliss-reactive ketones (excluding diaryl/α,β-unsaturated/α-hetero) is 1. The zero-order valence-electron chi connectivity index (χ0n) is 10.1. The summed E-state index contributed by atoms with van der Waals surface area (Å²) in [5.74, 6) is 1.91. The van der Waals surface area contributed by atoms with E-state index in [1.165, 1.54) is 12.8 Å². The Bertz CT molecular complexity index is 405. The van der Waals surface area contributed by atoms with Gasteiger partial charge >= 0.3 is 0 Å². The van der Waals surface area contributed by atoms with E-state index in [0.717, 1.165) is 16.9 Å². The summed E-state index contributed by atoms with van der Waals surface area (Å²) in [6.45, 7) is 4.01. The average molecular weight is 218 g/mol. The second kappa shape index (κ2) is 4.28. The number of benzene rings is 1. The number of rotatable bonds is 4. The van der Waals surface area contributed by atoms with Crippen molar-refractivity contribution in [1.82, 2.24) is 0 Å². The Hall–Kier alpha value is -1.31. The number of methoxy groups -OCH3 is 1. The second-order valence-electron chi connectivity index (χ2n) is 4.67. The lowest BCUT2D eigenvalue weighted by Crippen LogP contribution is -2.13. The molecule has 0 amide bonds. The summed E-state index contributed by atoms with van der Waals surface area (Å²) in [7, 11) is 1.65. The number of hydrogen-bond donors (Lipinski definition) is 0. The Morgan fingerprint density at radius 3 is 2.62 bits per heavy atom. The first-order valence-electron chi connectivity index (χ1n) is 5.82. The van der Waals surface area contributed by atoms with E-state index in [4.69, 9.17) is 4.74 Å². The number of ether oxygens (including phenoxy) is 1. The maximum Gasteiger partial charge on any atom is 0.165 e. The SMILES string of the molecule is COc1ccc(C(=O)C(C)C2CC2)cc1C. The standard InChI is InChI=1S/C14H18O2/c1-9-8-12(6-7-13(9)16-3)14(15)10(2)11-4-5-11/h6-8,10-11H,4-5H2,1-3H3. The van der Waals surface area contributed by atoms with Gasteiger partial charge in [-0.05, 0) is 49.4 Å². The predicted molar refractivity (Wildman–Crippen MR) is 63.9 cm³/mol. The van der Waals surface area contributed by atoms with Crippen LogP contribution in [0.2, 0.25) is 0 Å². The van der Waals surface area contributed by atoms with E-state index in [9.17, 15) is 4.79 Å². The Morgan fingerprint density at radius 1 is 1.44 bits per heavy atom. The third-order valence-electron chi connectivity index (χ3n) is 3.42. The molecule has 0 bridgehead atoms. The number of carbonyl (C=O) groups is 1. The van der Waals surface area contributed by atoms with Crippen LogP contribution in [-0.4, -0.2) is 12.9 Å². The summed E-state index contributed by atoms with van der Waals surface area (Å²) in [4.78, 5) is 12.1. The van der Waals surface area contributed by atoms with Gasteiger partial charge in [0.05, 0.1) is 7.11 Å². The quantitative estimate of drug-likeness (QED) is 0.725. The molecule has 0 radical (unpaired) electrons. The highest BCUT2D eigenvalue weighted by atomic mass is 16.5. The molecule has 0 aliphatic heterocycles. The molecule has 0 spiro atoms. The zero-order valence-corrected chi connectivity index (χ0v) is 10.1. The number of aryl methyl sites for hydroxylation is 1. The van der Waals surface area contributed by atoms with Gasteiger partial charge in [-0.15, -0.1) is 0 Å². The van der Waals surface area contributed by atoms with Gasteiger partial charge in [0.2, 0.25) is 0 Å². The van der Waals surface area contributed by atoms with Crippen molar-refractivity contribution in [3.05, 3.63) is 29.3 Å². The number of carbonyl (C=O) groups excluding carboxylic acids is 1. The third kappa shape index (κ3) is 2.11. The van der Waals surface area contributed by atoms with Gasteiger partial charge in [-0.3, -0.25) is 4.79 Å². The predicted octanol–water partition coefficient (Wildman–Crippen LogP) is 3.23. The minimum atomic E-state index is 0.174. The van der Waals surface area contributed by atoms with Crippen LogP contribution in [-0.2, 0) is 0 Å². The van der Waals surface area contributed by atoms with Crippen molar-refractivity contribution in [1.29, 1.82) is 0 Å². The van der Waals surface area contributed by atoms with Crippen LogP contribution in [0.3, 0.4) is 0 Å². The average Bonchev–Trinajstić information content (AvgIpc) is 3.11. The molecule has 1 aliphatic rings. The molecule has 1 unspecified atom stereocenters. The topological polar surface area (TPSA) is 26.3 Å². The van der Waals surface area contributed by atoms with Crippen LogP contribution in [0, 0.1) is 18.8 Å². The summed E-state index contributed by atoms with van der Waals surface area (Å²) in [5.41, 5.74) is 1.84. The Labute approximate surface area is 96.6 Å². The van der Waals surface area contributed by atoms with E-state index >= 15 is 0 Å². The molecule has 0 N–H and O–H groups in total. The molecule has 86 valence electrons. The highest BCUT2D eigenvalue weighted by Crippen LogP contribution is 2.38. The molecule has 0 saturated heterocycles. The van der Waals surface area contributed by atoms with Crippen LogP contribution in [0.15, 0.2) is 18.2 Å². The fourth-order valence-electron chi connectivity index (χ4n) is 2.10. The molecule has 2 heteroatoms. The zero-order chi connectivity index (χ0) is 11.7. The lowest BCUT2D eigenvalue weighted by atomic mass is 9.94. The van der Waals surface area contributed by atoms with Gasteiger partial charge in [0.1, 0.15) is 5.75 Å². The maximum atomic E-state index is 12.1. The summed E-state index contributed by atoms with van der Waals surface area (Å²) in [6, 6.07) is 5.68. The van der Waals surface area contributed by atoms with Crippen LogP contribution < -0.4 is 4.74 Å². The van der Waals surface area contributed by atoms with Crippen molar-refractivity contribution in [2.45, 2.75) is 26.7 Å². The molecule has 2 nitrogen and oxygen atoms in total. The van der Waals surface area contributed by atoms with Gasteiger partial charge in [-0.25, -0.2) is 0 Å². The molecule has 1 fully saturated rings. The van der Waals surface area contributed by atoms with Crippen LogP contribution in [0.25, 0.3) is 0 Å². The minimum Gasteiger partial charge on any atom is -0.496 e. The molecular formula is C14H18O2. The van der Waals surface area contributed by atoms with E-state index in [1.807, 2.05) is 32.0 Å². The van der Waals surface area contributed by atoms with Crippen molar-refractivity contribution in [2.24, 2.45) is 11.8 Å². The van der Waals surface area contributed by atoms with Crippen molar-refractivity contribution in [2.75, 3.05) is 7.11 Å². The van der Waals surface area contributed by atoms with E-state index in [-0.39, 0.29) is 11.7 Å². The minimum absolute atomic E-state index is 0.174. The van der Waals surface area contributed by atoms with Gasteiger partial charge in [-0.1, -0.05) is 6.92 Å². The molecule has 1 aromatic carbocycles. The molecule has 0 heterocycles. The molecule has 1 aromatic rings. The molecule has 0 aromatic heterocycles. The lowest BCUT2D eigenvalue weighted by molar-refractivity contribution is 0.0916. The van der Waals surface area contributed by atoms with E-state index in [0.29, 0.717) is 5.92 Å². The van der Waals surface area contributed by atoms with Crippen LogP contribution >= 0.6 is 0 Å². The van der Waals surface area contributed by atoms with Gasteiger partial charge < -0.3 is 4.74 Å². The summed E-state index contributed by atoms with van der Waals surface area (Å²) in [5, 5.41) is 0. The Balaban J connectivity index is 2.20. The molecule has 1 atom stereocenters. The van der Waals surface area contributed by atoms with Crippen molar-refractivity contribution in [3.63, 3.8) is 0 Å². The molecule has 1 saturated carbocycles. The fraction of sp³-hybridized carbons (Fsp3) is 0.500. The first-order valence-corrected chi connectivity index (χ1v) is 5.82. The Kier molecular flexibility index (Phi) is 2.99. The van der Waals surface area contributed by atoms with Crippen molar-refractivity contribution >= 4 is 5.78 Å². The highest BCUT2D eigenvalue weighted by molar-refractivity contribution is 5.98. The van der Waals surface area contributed by atoms with E-state index in [1.54, 1.807) is 7.11 Å². The second-order valence-corrected chi connectivity index (χ2v) is 4.67. The first kappa shape index (κ1) is 11.2. The van der Waals surface area contributed by atoms with Gasteiger partial charge in [0, 0.05) is 11.5 Å². The first-order chi connectivity index (χ1) is 7.63. The van der Waals surface area contributed by atoms with Crippen LogP contribution in [0.5, 0.6) is 5.75 Å². The highest BCUT2D eigenvalue weighted by Gasteiger charge is 2.32. The third-order valence-corrected chi connectivity index (χ3v) is 3.42. The normalized spacial score (nSPS) is 16.9. The Morgan fingerprint density at radius 2 is 2.12 bits per heavy atom. The monoisotopic (exact) mass is 218 g/mol. The van der Waals surface area contributed by atoms with Crippen LogP contribution in [0.4, 0.5) is 0 Å². The molecule has 1 aliphatic carbocycles. The van der Waals surface area contributed by atoms with E-state index in [2.05, 4.69) is 0 Å². The molecule has 2 rings (SSSR count). The van der Waals surface area contributed by atoms with Crippen molar-refractivity contribution < 1.29 is 9.53 Å². The van der Waals surface area contributed by atoms with E-state index < -0.39 is 0 Å². The van der Waals surface area contributed by atoms with Crippen LogP contribution in [0.1, 0.15) is 35.7 Å². The maximum absolute atomic E-state index is 12.1. The number of hydrogen-bond acceptors (Lipinski definition) is 2. The lowest BCUT2D eigenvalue weighted by Gasteiger charge is -2.11. The summed E-state index contributed by atoms with van der Waals surface area (Å²) >= 11 is 0. The smallest absolute Gasteiger partial charge is 0.165 e. The summed E-state index contributed by atoms with van der Waals surface area (Å²) < 4.78 is 5.19. The molecule has 16 heavy (non-hydrogen) atoms. The molecular weight excluding hydrogens is 200 g/mol. The largest absolute Gasteiger partial charge is 0.496 e. The fourth-order valence-corrected chi connectivity index (χ4v) is 2.10. The summed E-state index contributed by atoms with van der Waals surface area (Å²) in [6.07, 6.45) is 2.42. The van der Waals surface area contributed by atoms with Gasteiger partial charge in [0.25, 0.3) is 0 Å². The van der Waals surface area contributed by atoms with Gasteiger partial charge in [-0.2, -0.15) is 0 Å².